The van der Waals surface area contributed by atoms with Gasteiger partial charge in [0.25, 0.3) is 0 Å². The van der Waals surface area contributed by atoms with Gasteiger partial charge in [0.1, 0.15) is 0 Å². The van der Waals surface area contributed by atoms with Crippen LogP contribution in [0.2, 0.25) is 0 Å². The van der Waals surface area contributed by atoms with E-state index in [9.17, 15) is 0 Å². The van der Waals surface area contributed by atoms with Gasteiger partial charge in [0.2, 0.25) is 0 Å². The van der Waals surface area contributed by atoms with E-state index >= 15 is 0 Å². The summed E-state index contributed by atoms with van der Waals surface area (Å²) >= 11 is 2.05. The summed E-state index contributed by atoms with van der Waals surface area (Å²) in [7, 11) is 0. The minimum absolute atomic E-state index is 0.558. The molecule has 1 unspecified atom stereocenters. The fourth-order valence-corrected chi connectivity index (χ4v) is 3.43. The summed E-state index contributed by atoms with van der Waals surface area (Å²) in [5.41, 5.74) is 4.54. The van der Waals surface area contributed by atoms with Gasteiger partial charge in [0, 0.05) is 17.5 Å². The first-order chi connectivity index (χ1) is 8.22. The second-order valence-corrected chi connectivity index (χ2v) is 6.17. The molecule has 0 fully saturated rings. The van der Waals surface area contributed by atoms with Crippen molar-refractivity contribution in [1.82, 2.24) is 5.32 Å². The Morgan fingerprint density at radius 2 is 2.24 bits per heavy atom. The molecule has 17 heavy (non-hydrogen) atoms. The molecule has 0 amide bonds. The lowest BCUT2D eigenvalue weighted by molar-refractivity contribution is 0.570. The highest BCUT2D eigenvalue weighted by Gasteiger charge is 2.20. The van der Waals surface area contributed by atoms with Crippen LogP contribution in [-0.4, -0.2) is 12.3 Å². The topological polar surface area (TPSA) is 12.0 Å². The SMILES string of the molecule is CCCNC1CSCc2ccc(C(C)C)cc21. The monoisotopic (exact) mass is 249 g/mol. The average molecular weight is 249 g/mol. The summed E-state index contributed by atoms with van der Waals surface area (Å²) in [6, 6.07) is 7.61. The minimum Gasteiger partial charge on any atom is -0.309 e. The van der Waals surface area contributed by atoms with Crippen molar-refractivity contribution in [2.75, 3.05) is 12.3 Å². The van der Waals surface area contributed by atoms with Crippen molar-refractivity contribution in [2.24, 2.45) is 0 Å². The lowest BCUT2D eigenvalue weighted by atomic mass is 9.94. The molecule has 0 bridgehead atoms. The van der Waals surface area contributed by atoms with Crippen LogP contribution in [0.1, 0.15) is 55.8 Å². The largest absolute Gasteiger partial charge is 0.309 e. The summed E-state index contributed by atoms with van der Waals surface area (Å²) in [5, 5.41) is 3.67. The van der Waals surface area contributed by atoms with E-state index in [1.807, 2.05) is 11.8 Å². The van der Waals surface area contributed by atoms with Crippen molar-refractivity contribution in [3.8, 4) is 0 Å². The van der Waals surface area contributed by atoms with Crippen LogP contribution in [0.3, 0.4) is 0 Å². The van der Waals surface area contributed by atoms with Gasteiger partial charge >= 0.3 is 0 Å². The zero-order valence-electron chi connectivity index (χ0n) is 11.1. The van der Waals surface area contributed by atoms with Crippen molar-refractivity contribution >= 4 is 11.8 Å². The van der Waals surface area contributed by atoms with Crippen LogP contribution in [0.5, 0.6) is 0 Å². The molecule has 0 saturated heterocycles. The fourth-order valence-electron chi connectivity index (χ4n) is 2.29. The number of fused-ring (bicyclic) bond motifs is 1. The molecule has 0 saturated carbocycles. The highest BCUT2D eigenvalue weighted by Crippen LogP contribution is 2.33. The zero-order chi connectivity index (χ0) is 12.3. The predicted octanol–water partition coefficient (Wildman–Crippen LogP) is 4.10. The van der Waals surface area contributed by atoms with Gasteiger partial charge in [-0.15, -0.1) is 0 Å². The van der Waals surface area contributed by atoms with Crippen LogP contribution in [0.4, 0.5) is 0 Å². The Morgan fingerprint density at radius 3 is 2.94 bits per heavy atom. The number of benzene rings is 1. The molecule has 2 rings (SSSR count). The third kappa shape index (κ3) is 3.05. The molecular weight excluding hydrogens is 226 g/mol. The van der Waals surface area contributed by atoms with Crippen molar-refractivity contribution in [3.63, 3.8) is 0 Å². The van der Waals surface area contributed by atoms with Gasteiger partial charge in [-0.05, 0) is 35.6 Å². The second-order valence-electron chi connectivity index (χ2n) is 5.13. The van der Waals surface area contributed by atoms with Crippen molar-refractivity contribution in [3.05, 3.63) is 34.9 Å². The van der Waals surface area contributed by atoms with Gasteiger partial charge in [-0.25, -0.2) is 0 Å². The number of hydrogen-bond acceptors (Lipinski definition) is 2. The lowest BCUT2D eigenvalue weighted by Crippen LogP contribution is -2.27. The Hall–Kier alpha value is -0.470. The Labute approximate surface area is 109 Å². The summed E-state index contributed by atoms with van der Waals surface area (Å²) in [4.78, 5) is 0. The Balaban J connectivity index is 2.24. The van der Waals surface area contributed by atoms with Gasteiger partial charge in [-0.2, -0.15) is 11.8 Å². The molecule has 2 heteroatoms. The molecule has 0 aromatic heterocycles. The smallest absolute Gasteiger partial charge is 0.0415 e. The summed E-state index contributed by atoms with van der Waals surface area (Å²) < 4.78 is 0. The third-order valence-corrected chi connectivity index (χ3v) is 4.48. The van der Waals surface area contributed by atoms with Gasteiger partial charge < -0.3 is 5.32 Å². The maximum atomic E-state index is 3.67. The Bertz CT molecular complexity index is 373. The van der Waals surface area contributed by atoms with E-state index in [1.165, 1.54) is 29.1 Å². The van der Waals surface area contributed by atoms with Crippen LogP contribution in [0.15, 0.2) is 18.2 Å². The first kappa shape index (κ1) is 13.0. The molecule has 1 N–H and O–H groups in total. The second kappa shape index (κ2) is 5.92. The molecule has 1 aliphatic rings. The molecule has 1 atom stereocenters. The first-order valence-electron chi connectivity index (χ1n) is 6.66. The number of nitrogens with one attached hydrogen (secondary N) is 1. The molecule has 1 aliphatic heterocycles. The van der Waals surface area contributed by atoms with E-state index in [2.05, 4.69) is 44.3 Å². The van der Waals surface area contributed by atoms with Crippen molar-refractivity contribution in [2.45, 2.75) is 44.9 Å². The molecule has 0 spiro atoms. The van der Waals surface area contributed by atoms with Crippen molar-refractivity contribution in [1.29, 1.82) is 0 Å². The molecule has 0 radical (unpaired) electrons. The number of rotatable bonds is 4. The standard InChI is InChI=1S/C15H23NS/c1-4-7-16-15-10-17-9-13-6-5-12(11(2)3)8-14(13)15/h5-6,8,11,15-16H,4,7,9-10H2,1-3H3. The first-order valence-corrected chi connectivity index (χ1v) is 7.81. The Kier molecular flexibility index (Phi) is 4.52. The highest BCUT2D eigenvalue weighted by atomic mass is 32.2. The van der Waals surface area contributed by atoms with E-state index in [4.69, 9.17) is 0 Å². The van der Waals surface area contributed by atoms with Crippen LogP contribution >= 0.6 is 11.8 Å². The van der Waals surface area contributed by atoms with E-state index in [1.54, 1.807) is 5.56 Å². The van der Waals surface area contributed by atoms with Crippen molar-refractivity contribution < 1.29 is 0 Å². The van der Waals surface area contributed by atoms with Crippen LogP contribution in [-0.2, 0) is 5.75 Å². The highest BCUT2D eigenvalue weighted by molar-refractivity contribution is 7.98. The molecule has 1 nitrogen and oxygen atoms in total. The normalized spacial score (nSPS) is 19.4. The summed E-state index contributed by atoms with van der Waals surface area (Å²) in [6.45, 7) is 7.90. The zero-order valence-corrected chi connectivity index (χ0v) is 11.9. The Morgan fingerprint density at radius 1 is 1.41 bits per heavy atom. The van der Waals surface area contributed by atoms with Gasteiger partial charge in [-0.3, -0.25) is 0 Å². The van der Waals surface area contributed by atoms with E-state index in [0.717, 1.165) is 6.54 Å². The maximum absolute atomic E-state index is 3.67. The molecule has 94 valence electrons. The molecule has 0 aliphatic carbocycles. The summed E-state index contributed by atoms with van der Waals surface area (Å²) in [6.07, 6.45) is 1.21. The lowest BCUT2D eigenvalue weighted by Gasteiger charge is -2.27. The van der Waals surface area contributed by atoms with Crippen LogP contribution in [0, 0.1) is 0 Å². The van der Waals surface area contributed by atoms with E-state index in [-0.39, 0.29) is 0 Å². The van der Waals surface area contributed by atoms with Crippen LogP contribution < -0.4 is 5.32 Å². The molecule has 1 aromatic carbocycles. The molecule has 1 aromatic rings. The molecule has 1 heterocycles. The van der Waals surface area contributed by atoms with Gasteiger partial charge in [0.05, 0.1) is 0 Å². The van der Waals surface area contributed by atoms with Crippen LogP contribution in [0.25, 0.3) is 0 Å². The van der Waals surface area contributed by atoms with E-state index < -0.39 is 0 Å². The third-order valence-electron chi connectivity index (χ3n) is 3.39. The predicted molar refractivity (Wildman–Crippen MR) is 77.7 cm³/mol. The number of thioether (sulfide) groups is 1. The number of hydrogen-bond donors (Lipinski definition) is 1. The fraction of sp³-hybridized carbons (Fsp3) is 0.600. The minimum atomic E-state index is 0.558. The van der Waals surface area contributed by atoms with Gasteiger partial charge in [0.15, 0.2) is 0 Å². The summed E-state index contributed by atoms with van der Waals surface area (Å²) in [5.74, 6) is 3.02. The maximum Gasteiger partial charge on any atom is 0.0415 e. The quantitative estimate of drug-likeness (QED) is 0.862. The van der Waals surface area contributed by atoms with E-state index in [0.29, 0.717) is 12.0 Å². The average Bonchev–Trinajstić information content (AvgIpc) is 2.35. The molecular formula is C15H23NS. The van der Waals surface area contributed by atoms with Gasteiger partial charge in [-0.1, -0.05) is 39.0 Å².